The third-order valence-electron chi connectivity index (χ3n) is 17.8. The molecule has 7 rings (SSSR count). The SMILES string of the molecule is CCC(CC(CC(CC(CC(CC(CC(CC(CC(C)N1CCCC1=O)N1CCCC1=O)N1CCCC1=O)NCCCC=O)N1CCCC1=O)N1CCCC1=O)N1CCCC1=O)N1CCCC1=O)C(C)C. The number of hydrogen-bond donors (Lipinski definition) is 1. The van der Waals surface area contributed by atoms with Crippen LogP contribution in [0.3, 0.4) is 0 Å². The van der Waals surface area contributed by atoms with E-state index in [4.69, 9.17) is 0 Å². The van der Waals surface area contributed by atoms with Crippen LogP contribution in [-0.4, -0.2) is 183 Å². The van der Waals surface area contributed by atoms with Crippen molar-refractivity contribution in [3.63, 3.8) is 0 Å². The third-order valence-corrected chi connectivity index (χ3v) is 17.8. The Labute approximate surface area is 425 Å². The summed E-state index contributed by atoms with van der Waals surface area (Å²) in [5, 5.41) is 3.83. The van der Waals surface area contributed by atoms with Crippen LogP contribution in [0.1, 0.15) is 188 Å². The predicted octanol–water partition coefficient (Wildman–Crippen LogP) is 5.68. The minimum absolute atomic E-state index is 0.0229. The third kappa shape index (κ3) is 14.2. The number of carbonyl (C=O) groups is 8. The highest BCUT2D eigenvalue weighted by Gasteiger charge is 2.43. The van der Waals surface area contributed by atoms with Crippen molar-refractivity contribution in [2.75, 3.05) is 52.4 Å². The number of nitrogens with zero attached hydrogens (tertiary/aromatic N) is 7. The van der Waals surface area contributed by atoms with Crippen LogP contribution in [0.4, 0.5) is 0 Å². The van der Waals surface area contributed by atoms with E-state index in [0.29, 0.717) is 160 Å². The van der Waals surface area contributed by atoms with Gasteiger partial charge in [-0.25, -0.2) is 0 Å². The van der Waals surface area contributed by atoms with E-state index < -0.39 is 0 Å². The first-order valence-electron chi connectivity index (χ1n) is 28.5. The number of carbonyl (C=O) groups excluding carboxylic acids is 8. The molecular formula is C55H90N8O8. The van der Waals surface area contributed by atoms with E-state index in [1.807, 2.05) is 24.5 Å². The Balaban J connectivity index is 1.21. The zero-order chi connectivity index (χ0) is 50.6. The van der Waals surface area contributed by atoms with Crippen molar-refractivity contribution in [2.24, 2.45) is 11.8 Å². The Bertz CT molecular complexity index is 1860. The molecule has 0 aromatic heterocycles. The van der Waals surface area contributed by atoms with Gasteiger partial charge in [0.2, 0.25) is 41.4 Å². The molecule has 0 aliphatic carbocycles. The van der Waals surface area contributed by atoms with E-state index in [9.17, 15) is 38.4 Å². The summed E-state index contributed by atoms with van der Waals surface area (Å²) < 4.78 is 0. The molecule has 0 aromatic rings. The maximum absolute atomic E-state index is 14.1. The van der Waals surface area contributed by atoms with Gasteiger partial charge in [0, 0.05) is 146 Å². The quantitative estimate of drug-likeness (QED) is 0.0703. The maximum Gasteiger partial charge on any atom is 0.222 e. The second-order valence-electron chi connectivity index (χ2n) is 22.9. The topological polar surface area (TPSA) is 171 Å². The summed E-state index contributed by atoms with van der Waals surface area (Å²) in [4.78, 5) is 122. The average molecular weight is 991 g/mol. The number of nitrogens with one attached hydrogen (secondary N) is 1. The number of aldehydes is 1. The molecule has 0 bridgehead atoms. The van der Waals surface area contributed by atoms with Crippen molar-refractivity contribution < 1.29 is 38.4 Å². The first-order valence-corrected chi connectivity index (χ1v) is 28.5. The van der Waals surface area contributed by atoms with Gasteiger partial charge in [-0.05, 0) is 128 Å². The summed E-state index contributed by atoms with van der Waals surface area (Å²) in [5.41, 5.74) is 0. The molecule has 0 spiro atoms. The minimum Gasteiger partial charge on any atom is -0.340 e. The lowest BCUT2D eigenvalue weighted by atomic mass is 9.83. The monoisotopic (exact) mass is 991 g/mol. The molecular weight excluding hydrogens is 901 g/mol. The average Bonchev–Trinajstić information content (AvgIpc) is 4.22. The first-order chi connectivity index (χ1) is 34.3. The van der Waals surface area contributed by atoms with Gasteiger partial charge >= 0.3 is 0 Å². The van der Waals surface area contributed by atoms with Gasteiger partial charge in [-0.1, -0.05) is 27.2 Å². The van der Waals surface area contributed by atoms with E-state index in [1.54, 1.807) is 0 Å². The highest BCUT2D eigenvalue weighted by atomic mass is 16.2. The molecule has 9 atom stereocenters. The number of hydrogen-bond acceptors (Lipinski definition) is 9. The van der Waals surface area contributed by atoms with Crippen LogP contribution in [0.15, 0.2) is 0 Å². The second-order valence-corrected chi connectivity index (χ2v) is 22.9. The highest BCUT2D eigenvalue weighted by Crippen LogP contribution is 2.36. The summed E-state index contributed by atoms with van der Waals surface area (Å²) in [6.45, 7) is 14.0. The molecule has 7 heterocycles. The molecule has 7 amide bonds. The van der Waals surface area contributed by atoms with Gasteiger partial charge in [0.05, 0.1) is 0 Å². The molecule has 7 fully saturated rings. The van der Waals surface area contributed by atoms with Crippen LogP contribution < -0.4 is 5.32 Å². The van der Waals surface area contributed by atoms with Crippen LogP contribution in [0, 0.1) is 11.8 Å². The molecule has 0 radical (unpaired) electrons. The second kappa shape index (κ2) is 26.2. The Morgan fingerprint density at radius 3 is 1.00 bits per heavy atom. The summed E-state index contributed by atoms with van der Waals surface area (Å²) >= 11 is 0. The van der Waals surface area contributed by atoms with Crippen LogP contribution in [-0.2, 0) is 38.4 Å². The largest absolute Gasteiger partial charge is 0.340 e. The van der Waals surface area contributed by atoms with E-state index in [2.05, 4.69) is 42.8 Å². The lowest BCUT2D eigenvalue weighted by Crippen LogP contribution is -2.52. The fourth-order valence-corrected chi connectivity index (χ4v) is 14.0. The van der Waals surface area contributed by atoms with Gasteiger partial charge in [0.25, 0.3) is 0 Å². The molecule has 0 aromatic carbocycles. The molecule has 71 heavy (non-hydrogen) atoms. The molecule has 7 saturated heterocycles. The van der Waals surface area contributed by atoms with Gasteiger partial charge < -0.3 is 44.4 Å². The van der Waals surface area contributed by atoms with Crippen molar-refractivity contribution in [3.8, 4) is 0 Å². The fraction of sp³-hybridized carbons (Fsp3) is 0.855. The number of likely N-dealkylation sites (tertiary alicyclic amines) is 7. The van der Waals surface area contributed by atoms with Crippen molar-refractivity contribution >= 4 is 47.6 Å². The van der Waals surface area contributed by atoms with E-state index in [-0.39, 0.29) is 89.7 Å². The molecule has 1 N–H and O–H groups in total. The molecule has 9 unspecified atom stereocenters. The predicted molar refractivity (Wildman–Crippen MR) is 271 cm³/mol. The van der Waals surface area contributed by atoms with E-state index in [1.165, 1.54) is 0 Å². The van der Waals surface area contributed by atoms with E-state index >= 15 is 0 Å². The minimum atomic E-state index is -0.254. The van der Waals surface area contributed by atoms with Crippen molar-refractivity contribution in [2.45, 2.75) is 237 Å². The number of rotatable bonds is 30. The van der Waals surface area contributed by atoms with Crippen molar-refractivity contribution in [3.05, 3.63) is 0 Å². The summed E-state index contributed by atoms with van der Waals surface area (Å²) in [6.07, 6.45) is 17.0. The summed E-state index contributed by atoms with van der Waals surface area (Å²) in [6, 6.07) is -1.33. The standard InChI is InChI=1S/C55H90N8O8/c1-5-41(39(2)3)32-44(59-25-10-17-51(59)67)36-47(62-28-13-20-54(62)70)38-48(63-29-14-21-55(63)71)37-46(61-27-12-19-53(61)69)34-42(56-22-6-7-30-64)33-45(60-26-11-18-52(60)68)35-43(58-24-9-16-50(58)66)31-40(4)57-23-8-15-49(57)65/h30,39-48,56H,5-29,31-38H2,1-4H3. The number of unbranched alkanes of at least 4 members (excludes halogenated alkanes) is 1. The van der Waals surface area contributed by atoms with Gasteiger partial charge in [-0.15, -0.1) is 0 Å². The lowest BCUT2D eigenvalue weighted by Gasteiger charge is -2.42. The van der Waals surface area contributed by atoms with E-state index in [0.717, 1.165) is 70.6 Å². The lowest BCUT2D eigenvalue weighted by molar-refractivity contribution is -0.135. The highest BCUT2D eigenvalue weighted by molar-refractivity contribution is 5.81. The first kappa shape index (κ1) is 54.7. The Kier molecular flexibility index (Phi) is 20.2. The van der Waals surface area contributed by atoms with Gasteiger partial charge in [0.1, 0.15) is 6.29 Å². The van der Waals surface area contributed by atoms with Crippen molar-refractivity contribution in [1.82, 2.24) is 39.6 Å². The zero-order valence-corrected chi connectivity index (χ0v) is 44.1. The van der Waals surface area contributed by atoms with Crippen molar-refractivity contribution in [1.29, 1.82) is 0 Å². The summed E-state index contributed by atoms with van der Waals surface area (Å²) in [5.74, 6) is 1.78. The molecule has 16 heteroatoms. The van der Waals surface area contributed by atoms with Gasteiger partial charge in [-0.2, -0.15) is 0 Å². The Hall–Kier alpha value is -4.08. The molecule has 0 saturated carbocycles. The normalized spacial score (nSPS) is 24.1. The van der Waals surface area contributed by atoms with Crippen LogP contribution in [0.25, 0.3) is 0 Å². The van der Waals surface area contributed by atoms with Crippen LogP contribution in [0.5, 0.6) is 0 Å². The number of amides is 7. The van der Waals surface area contributed by atoms with Crippen LogP contribution >= 0.6 is 0 Å². The Morgan fingerprint density at radius 2 is 0.718 bits per heavy atom. The molecule has 7 aliphatic heterocycles. The Morgan fingerprint density at radius 1 is 0.423 bits per heavy atom. The van der Waals surface area contributed by atoms with Gasteiger partial charge in [0.15, 0.2) is 0 Å². The maximum atomic E-state index is 14.1. The smallest absolute Gasteiger partial charge is 0.222 e. The summed E-state index contributed by atoms with van der Waals surface area (Å²) in [7, 11) is 0. The molecule has 7 aliphatic rings. The molecule has 398 valence electrons. The molecule has 16 nitrogen and oxygen atoms in total. The van der Waals surface area contributed by atoms with Crippen LogP contribution in [0.2, 0.25) is 0 Å². The van der Waals surface area contributed by atoms with Gasteiger partial charge in [-0.3, -0.25) is 33.6 Å². The zero-order valence-electron chi connectivity index (χ0n) is 44.1. The fourth-order valence-electron chi connectivity index (χ4n) is 14.0.